The third-order valence-corrected chi connectivity index (χ3v) is 4.55. The summed E-state index contributed by atoms with van der Waals surface area (Å²) >= 11 is 7.22. The highest BCUT2D eigenvalue weighted by molar-refractivity contribution is 9.10. The van der Waals surface area contributed by atoms with Gasteiger partial charge < -0.3 is 18.9 Å². The van der Waals surface area contributed by atoms with Crippen LogP contribution in [-0.2, 0) is 9.47 Å². The molecule has 6 heteroatoms. The van der Waals surface area contributed by atoms with Gasteiger partial charge in [-0.15, -0.1) is 0 Å². The second-order valence-corrected chi connectivity index (χ2v) is 7.46. The van der Waals surface area contributed by atoms with Gasteiger partial charge in [-0.1, -0.05) is 45.2 Å². The molecular formula is C16H22Br2O4. The number of alkyl halides is 1. The van der Waals surface area contributed by atoms with E-state index in [1.807, 2.05) is 12.1 Å². The second-order valence-electron chi connectivity index (χ2n) is 5.16. The first-order valence-electron chi connectivity index (χ1n) is 7.56. The Balaban J connectivity index is 1.96. The van der Waals surface area contributed by atoms with E-state index >= 15 is 0 Å². The molecule has 124 valence electrons. The molecule has 0 aliphatic carbocycles. The molecule has 1 aromatic rings. The molecule has 0 amide bonds. The molecule has 1 aromatic carbocycles. The fourth-order valence-electron chi connectivity index (χ4n) is 2.20. The molecule has 0 saturated carbocycles. The van der Waals surface area contributed by atoms with Crippen LogP contribution in [0, 0.1) is 0 Å². The van der Waals surface area contributed by atoms with Gasteiger partial charge in [0.05, 0.1) is 19.3 Å². The lowest BCUT2D eigenvalue weighted by Gasteiger charge is -2.22. The molecule has 0 fully saturated rings. The molecule has 0 radical (unpaired) electrons. The van der Waals surface area contributed by atoms with Gasteiger partial charge in [-0.05, 0) is 25.5 Å². The maximum atomic E-state index is 6.01. The molecule has 22 heavy (non-hydrogen) atoms. The molecule has 1 aliphatic rings. The lowest BCUT2D eigenvalue weighted by molar-refractivity contribution is 0.00445. The van der Waals surface area contributed by atoms with Crippen LogP contribution >= 0.6 is 31.9 Å². The van der Waals surface area contributed by atoms with E-state index in [2.05, 4.69) is 45.7 Å². The van der Waals surface area contributed by atoms with Crippen LogP contribution in [0.15, 0.2) is 16.6 Å². The smallest absolute Gasteiger partial charge is 0.231 e. The van der Waals surface area contributed by atoms with Gasteiger partial charge in [-0.25, -0.2) is 0 Å². The predicted octanol–water partition coefficient (Wildman–Crippen LogP) is 4.84. The molecule has 0 saturated heterocycles. The lowest BCUT2D eigenvalue weighted by atomic mass is 10.1. The van der Waals surface area contributed by atoms with Gasteiger partial charge in [0.2, 0.25) is 6.79 Å². The van der Waals surface area contributed by atoms with E-state index in [4.69, 9.17) is 18.9 Å². The Bertz CT molecular complexity index is 479. The number of unbranched alkanes of at least 4 members (excludes halogenated alkanes) is 1. The van der Waals surface area contributed by atoms with Crippen molar-refractivity contribution in [2.75, 3.05) is 26.6 Å². The van der Waals surface area contributed by atoms with Gasteiger partial charge in [0.25, 0.3) is 0 Å². The summed E-state index contributed by atoms with van der Waals surface area (Å²) in [5.41, 5.74) is 1.04. The minimum absolute atomic E-state index is 0.0846. The molecule has 0 spiro atoms. The summed E-state index contributed by atoms with van der Waals surface area (Å²) in [6, 6.07) is 3.91. The highest BCUT2D eigenvalue weighted by atomic mass is 79.9. The Morgan fingerprint density at radius 3 is 2.59 bits per heavy atom. The molecule has 2 rings (SSSR count). The zero-order valence-electron chi connectivity index (χ0n) is 12.9. The summed E-state index contributed by atoms with van der Waals surface area (Å²) in [4.78, 5) is 0.166. The Labute approximate surface area is 148 Å². The van der Waals surface area contributed by atoms with E-state index in [1.165, 1.54) is 0 Å². The molecule has 1 heterocycles. The molecule has 0 unspecified atom stereocenters. The van der Waals surface area contributed by atoms with Gasteiger partial charge >= 0.3 is 0 Å². The molecule has 0 bridgehead atoms. The van der Waals surface area contributed by atoms with Crippen LogP contribution < -0.4 is 9.47 Å². The number of benzene rings is 1. The summed E-state index contributed by atoms with van der Waals surface area (Å²) in [5, 5.41) is 0. The summed E-state index contributed by atoms with van der Waals surface area (Å²) in [6.45, 7) is 6.46. The van der Waals surface area contributed by atoms with Crippen LogP contribution in [0.5, 0.6) is 11.5 Å². The Morgan fingerprint density at radius 1 is 1.18 bits per heavy atom. The summed E-state index contributed by atoms with van der Waals surface area (Å²) in [5.74, 6) is 1.53. The predicted molar refractivity (Wildman–Crippen MR) is 93.1 cm³/mol. The van der Waals surface area contributed by atoms with Crippen LogP contribution in [0.25, 0.3) is 0 Å². The number of rotatable bonds is 9. The standard InChI is InChI=1S/C16H22Br2O4/c1-3-4-5-19-6-7-20-16(11(2)17)12-8-14-15(9-13(12)18)22-10-21-14/h8-9,11,16H,3-7,10H2,1-2H3/t11-,16-/m0/s1. The molecule has 4 nitrogen and oxygen atoms in total. The zero-order valence-corrected chi connectivity index (χ0v) is 16.1. The van der Waals surface area contributed by atoms with Crippen molar-refractivity contribution in [3.05, 3.63) is 22.2 Å². The van der Waals surface area contributed by atoms with Crippen LogP contribution in [0.3, 0.4) is 0 Å². The maximum absolute atomic E-state index is 6.01. The third kappa shape index (κ3) is 4.85. The van der Waals surface area contributed by atoms with Gasteiger partial charge in [-0.3, -0.25) is 0 Å². The number of hydrogen-bond acceptors (Lipinski definition) is 4. The molecule has 0 aromatic heterocycles. The summed E-state index contributed by atoms with van der Waals surface area (Å²) < 4.78 is 23.4. The first-order chi connectivity index (χ1) is 10.6. The minimum Gasteiger partial charge on any atom is -0.454 e. The van der Waals surface area contributed by atoms with E-state index in [1.54, 1.807) is 0 Å². The van der Waals surface area contributed by atoms with Crippen molar-refractivity contribution in [1.29, 1.82) is 0 Å². The first kappa shape index (κ1) is 18.0. The fourth-order valence-corrected chi connectivity index (χ4v) is 3.19. The normalized spacial score (nSPS) is 15.8. The molecule has 2 atom stereocenters. The van der Waals surface area contributed by atoms with Crippen molar-refractivity contribution in [1.82, 2.24) is 0 Å². The Hall–Kier alpha value is -0.300. The van der Waals surface area contributed by atoms with Gasteiger partial charge in [-0.2, -0.15) is 0 Å². The van der Waals surface area contributed by atoms with Gasteiger partial charge in [0, 0.05) is 21.5 Å². The monoisotopic (exact) mass is 436 g/mol. The Morgan fingerprint density at radius 2 is 1.91 bits per heavy atom. The number of fused-ring (bicyclic) bond motifs is 1. The second kappa shape index (κ2) is 9.11. The van der Waals surface area contributed by atoms with Crippen molar-refractivity contribution in [3.8, 4) is 11.5 Å². The fraction of sp³-hybridized carbons (Fsp3) is 0.625. The first-order valence-corrected chi connectivity index (χ1v) is 9.26. The largest absolute Gasteiger partial charge is 0.454 e. The van der Waals surface area contributed by atoms with Crippen LogP contribution in [-0.4, -0.2) is 31.4 Å². The van der Waals surface area contributed by atoms with E-state index in [-0.39, 0.29) is 17.7 Å². The molecular weight excluding hydrogens is 416 g/mol. The highest BCUT2D eigenvalue weighted by Crippen LogP contribution is 2.41. The maximum Gasteiger partial charge on any atom is 0.231 e. The van der Waals surface area contributed by atoms with E-state index in [0.29, 0.717) is 13.2 Å². The molecule has 1 aliphatic heterocycles. The quantitative estimate of drug-likeness (QED) is 0.409. The molecule has 0 N–H and O–H groups in total. The van der Waals surface area contributed by atoms with Crippen LogP contribution in [0.2, 0.25) is 0 Å². The number of halogens is 2. The van der Waals surface area contributed by atoms with Crippen molar-refractivity contribution in [2.24, 2.45) is 0 Å². The number of ether oxygens (including phenoxy) is 4. The topological polar surface area (TPSA) is 36.9 Å². The highest BCUT2D eigenvalue weighted by Gasteiger charge is 2.24. The lowest BCUT2D eigenvalue weighted by Crippen LogP contribution is -2.17. The van der Waals surface area contributed by atoms with Gasteiger partial charge in [0.15, 0.2) is 11.5 Å². The zero-order chi connectivity index (χ0) is 15.9. The van der Waals surface area contributed by atoms with Gasteiger partial charge in [0.1, 0.15) is 0 Å². The average molecular weight is 438 g/mol. The van der Waals surface area contributed by atoms with Crippen molar-refractivity contribution >= 4 is 31.9 Å². The van der Waals surface area contributed by atoms with E-state index in [0.717, 1.165) is 41.0 Å². The van der Waals surface area contributed by atoms with Crippen LogP contribution in [0.1, 0.15) is 38.4 Å². The van der Waals surface area contributed by atoms with E-state index < -0.39 is 0 Å². The average Bonchev–Trinajstić information content (AvgIpc) is 2.93. The van der Waals surface area contributed by atoms with Crippen molar-refractivity contribution < 1.29 is 18.9 Å². The third-order valence-electron chi connectivity index (χ3n) is 3.38. The number of hydrogen-bond donors (Lipinski definition) is 0. The van der Waals surface area contributed by atoms with Crippen molar-refractivity contribution in [2.45, 2.75) is 37.6 Å². The van der Waals surface area contributed by atoms with Crippen molar-refractivity contribution in [3.63, 3.8) is 0 Å². The summed E-state index contributed by atoms with van der Waals surface area (Å²) in [6.07, 6.45) is 2.15. The van der Waals surface area contributed by atoms with Crippen LogP contribution in [0.4, 0.5) is 0 Å². The SMILES string of the molecule is CCCCOCCO[C@H](c1cc2c(cc1Br)OCO2)[C@H](C)Br. The van der Waals surface area contributed by atoms with E-state index in [9.17, 15) is 0 Å². The minimum atomic E-state index is -0.0846. The Kier molecular flexibility index (Phi) is 7.47. The summed E-state index contributed by atoms with van der Waals surface area (Å²) in [7, 11) is 0.